The zero-order chi connectivity index (χ0) is 26.1. The molecular weight excluding hydrogens is 522 g/mol. The van der Waals surface area contributed by atoms with E-state index in [1.165, 1.54) is 42.5 Å². The second-order valence-corrected chi connectivity index (χ2v) is 10.4. The Hall–Kier alpha value is -3.15. The summed E-state index contributed by atoms with van der Waals surface area (Å²) in [5.41, 5.74) is -0.389. The van der Waals surface area contributed by atoms with Gasteiger partial charge in [-0.15, -0.1) is 0 Å². The van der Waals surface area contributed by atoms with Crippen molar-refractivity contribution in [2.45, 2.75) is 11.1 Å². The highest BCUT2D eigenvalue weighted by atomic mass is 35.5. The molecule has 36 heavy (non-hydrogen) atoms. The first-order chi connectivity index (χ1) is 16.9. The zero-order valence-corrected chi connectivity index (χ0v) is 20.2. The van der Waals surface area contributed by atoms with Crippen molar-refractivity contribution < 1.29 is 30.8 Å². The maximum atomic E-state index is 14.7. The SMILES string of the molecule is O=C(Nc1ccc(S(=O)(=O)N2CCN(c3cccc(C(F)(F)F)c3)CC2)cc1F)c1ccc(Cl)cc1. The largest absolute Gasteiger partial charge is 0.416 e. The topological polar surface area (TPSA) is 69.7 Å². The molecule has 1 aliphatic rings. The van der Waals surface area contributed by atoms with Crippen LogP contribution in [0.4, 0.5) is 28.9 Å². The number of carbonyl (C=O) groups is 1. The Kier molecular flexibility index (Phi) is 7.26. The first-order valence-electron chi connectivity index (χ1n) is 10.7. The van der Waals surface area contributed by atoms with Gasteiger partial charge < -0.3 is 10.2 Å². The summed E-state index contributed by atoms with van der Waals surface area (Å²) in [5.74, 6) is -1.52. The lowest BCUT2D eigenvalue weighted by atomic mass is 10.1. The molecule has 0 bridgehead atoms. The van der Waals surface area contributed by atoms with E-state index in [0.29, 0.717) is 10.7 Å². The van der Waals surface area contributed by atoms with E-state index in [0.717, 1.165) is 28.6 Å². The Labute approximate surface area is 210 Å². The first kappa shape index (κ1) is 25.9. The lowest BCUT2D eigenvalue weighted by Crippen LogP contribution is -2.48. The first-order valence-corrected chi connectivity index (χ1v) is 12.6. The van der Waals surface area contributed by atoms with Crippen LogP contribution in [-0.2, 0) is 16.2 Å². The summed E-state index contributed by atoms with van der Waals surface area (Å²) in [6.45, 7) is 0.348. The van der Waals surface area contributed by atoms with E-state index in [1.54, 1.807) is 4.90 Å². The third-order valence-electron chi connectivity index (χ3n) is 5.71. The van der Waals surface area contributed by atoms with Crippen LogP contribution in [0.5, 0.6) is 0 Å². The van der Waals surface area contributed by atoms with Crippen molar-refractivity contribution in [1.29, 1.82) is 0 Å². The van der Waals surface area contributed by atoms with Crippen LogP contribution in [-0.4, -0.2) is 44.8 Å². The summed E-state index contributed by atoms with van der Waals surface area (Å²) in [6, 6.07) is 14.0. The Morgan fingerprint density at radius 3 is 2.19 bits per heavy atom. The maximum Gasteiger partial charge on any atom is 0.416 e. The van der Waals surface area contributed by atoms with E-state index < -0.39 is 33.5 Å². The average Bonchev–Trinajstić information content (AvgIpc) is 2.85. The fourth-order valence-electron chi connectivity index (χ4n) is 3.77. The molecule has 0 atom stereocenters. The molecule has 1 aliphatic heterocycles. The van der Waals surface area contributed by atoms with E-state index in [9.17, 15) is 30.8 Å². The van der Waals surface area contributed by atoms with Crippen molar-refractivity contribution in [2.24, 2.45) is 0 Å². The molecule has 0 radical (unpaired) electrons. The smallest absolute Gasteiger partial charge is 0.369 e. The number of halogens is 5. The van der Waals surface area contributed by atoms with E-state index in [2.05, 4.69) is 5.32 Å². The lowest BCUT2D eigenvalue weighted by Gasteiger charge is -2.35. The van der Waals surface area contributed by atoms with Crippen molar-refractivity contribution in [2.75, 3.05) is 36.4 Å². The predicted octanol–water partition coefficient (Wildman–Crippen LogP) is 5.26. The average molecular weight is 542 g/mol. The number of hydrogen-bond donors (Lipinski definition) is 1. The molecule has 1 N–H and O–H groups in total. The minimum atomic E-state index is -4.48. The summed E-state index contributed by atoms with van der Waals surface area (Å²) in [7, 11) is -4.06. The Morgan fingerprint density at radius 2 is 1.58 bits per heavy atom. The van der Waals surface area contributed by atoms with Crippen molar-refractivity contribution in [3.63, 3.8) is 0 Å². The van der Waals surface area contributed by atoms with Crippen molar-refractivity contribution in [1.82, 2.24) is 4.31 Å². The number of benzene rings is 3. The Bertz CT molecular complexity index is 1370. The molecule has 0 aliphatic carbocycles. The van der Waals surface area contributed by atoms with Crippen LogP contribution >= 0.6 is 11.6 Å². The van der Waals surface area contributed by atoms with E-state index in [-0.39, 0.29) is 42.3 Å². The van der Waals surface area contributed by atoms with Gasteiger partial charge in [0.25, 0.3) is 5.91 Å². The molecule has 1 saturated heterocycles. The predicted molar refractivity (Wildman–Crippen MR) is 128 cm³/mol. The van der Waals surface area contributed by atoms with Crippen molar-refractivity contribution in [3.8, 4) is 0 Å². The summed E-state index contributed by atoms with van der Waals surface area (Å²) in [5, 5.41) is 2.82. The molecule has 0 spiro atoms. The fourth-order valence-corrected chi connectivity index (χ4v) is 5.33. The number of amides is 1. The maximum absolute atomic E-state index is 14.7. The van der Waals surface area contributed by atoms with Gasteiger partial charge in [-0.1, -0.05) is 17.7 Å². The molecule has 3 aromatic carbocycles. The number of piperazine rings is 1. The Morgan fingerprint density at radius 1 is 0.917 bits per heavy atom. The van der Waals surface area contributed by atoms with Crippen LogP contribution in [0, 0.1) is 5.82 Å². The van der Waals surface area contributed by atoms with Gasteiger partial charge in [0, 0.05) is 42.5 Å². The summed E-state index contributed by atoms with van der Waals surface area (Å²) in [4.78, 5) is 13.7. The molecular formula is C24H20ClF4N3O3S. The number of rotatable bonds is 5. The third kappa shape index (κ3) is 5.63. The molecule has 0 saturated carbocycles. The van der Waals surface area contributed by atoms with Crippen molar-refractivity contribution in [3.05, 3.63) is 88.7 Å². The summed E-state index contributed by atoms with van der Waals surface area (Å²) < 4.78 is 81.0. The highest BCUT2D eigenvalue weighted by Gasteiger charge is 2.32. The monoisotopic (exact) mass is 541 g/mol. The molecule has 6 nitrogen and oxygen atoms in total. The van der Waals surface area contributed by atoms with Gasteiger partial charge in [-0.2, -0.15) is 17.5 Å². The van der Waals surface area contributed by atoms with E-state index in [4.69, 9.17) is 11.6 Å². The Balaban J connectivity index is 1.44. The van der Waals surface area contributed by atoms with Crippen LogP contribution in [0.2, 0.25) is 5.02 Å². The highest BCUT2D eigenvalue weighted by Crippen LogP contribution is 2.32. The molecule has 190 valence electrons. The third-order valence-corrected chi connectivity index (χ3v) is 7.86. The van der Waals surface area contributed by atoms with Gasteiger partial charge in [0.2, 0.25) is 10.0 Å². The minimum absolute atomic E-state index is 0.00918. The molecule has 0 aromatic heterocycles. The fraction of sp³-hybridized carbons (Fsp3) is 0.208. The van der Waals surface area contributed by atoms with Gasteiger partial charge in [0.05, 0.1) is 16.1 Å². The number of nitrogens with zero attached hydrogens (tertiary/aromatic N) is 2. The van der Waals surface area contributed by atoms with Crippen LogP contribution < -0.4 is 10.2 Å². The lowest BCUT2D eigenvalue weighted by molar-refractivity contribution is -0.137. The van der Waals surface area contributed by atoms with Crippen LogP contribution in [0.15, 0.2) is 71.6 Å². The number of carbonyl (C=O) groups excluding carboxylic acids is 1. The van der Waals surface area contributed by atoms with Gasteiger partial charge in [-0.05, 0) is 60.7 Å². The van der Waals surface area contributed by atoms with E-state index in [1.807, 2.05) is 0 Å². The van der Waals surface area contributed by atoms with Crippen LogP contribution in [0.1, 0.15) is 15.9 Å². The van der Waals surface area contributed by atoms with Gasteiger partial charge in [0.15, 0.2) is 0 Å². The van der Waals surface area contributed by atoms with Crippen LogP contribution in [0.3, 0.4) is 0 Å². The van der Waals surface area contributed by atoms with Gasteiger partial charge in [-0.25, -0.2) is 12.8 Å². The second-order valence-electron chi connectivity index (χ2n) is 8.04. The quantitative estimate of drug-likeness (QED) is 0.447. The van der Waals surface area contributed by atoms with Crippen molar-refractivity contribution >= 4 is 38.9 Å². The van der Waals surface area contributed by atoms with Gasteiger partial charge >= 0.3 is 6.18 Å². The van der Waals surface area contributed by atoms with Gasteiger partial charge in [-0.3, -0.25) is 4.79 Å². The second kappa shape index (κ2) is 10.1. The minimum Gasteiger partial charge on any atom is -0.369 e. The molecule has 1 heterocycles. The number of hydrogen-bond acceptors (Lipinski definition) is 4. The summed E-state index contributed by atoms with van der Waals surface area (Å²) >= 11 is 5.79. The number of sulfonamides is 1. The zero-order valence-electron chi connectivity index (χ0n) is 18.6. The molecule has 12 heteroatoms. The standard InChI is InChI=1S/C24H20ClF4N3O3S/c25-18-6-4-16(5-7-18)23(33)30-22-9-8-20(15-21(22)26)36(34,35)32-12-10-31(11-13-32)19-3-1-2-17(14-19)24(27,28)29/h1-9,14-15H,10-13H2,(H,30,33). The molecule has 3 aromatic rings. The number of alkyl halides is 3. The van der Waals surface area contributed by atoms with Gasteiger partial charge in [0.1, 0.15) is 5.82 Å². The van der Waals surface area contributed by atoms with Crippen LogP contribution in [0.25, 0.3) is 0 Å². The molecule has 1 amide bonds. The highest BCUT2D eigenvalue weighted by molar-refractivity contribution is 7.89. The number of anilines is 2. The van der Waals surface area contributed by atoms with E-state index >= 15 is 0 Å². The molecule has 0 unspecified atom stereocenters. The molecule has 4 rings (SSSR count). The number of nitrogens with one attached hydrogen (secondary N) is 1. The summed E-state index contributed by atoms with van der Waals surface area (Å²) in [6.07, 6.45) is -4.48. The normalized spacial score (nSPS) is 15.1. The molecule has 1 fully saturated rings.